The Labute approximate surface area is 152 Å². The number of Topliss-reactive ketones (excluding diaryl/α,β-unsaturated/α-hetero) is 1. The molecule has 0 N–H and O–H groups in total. The van der Waals surface area contributed by atoms with Crippen LogP contribution in [0, 0.1) is 13.8 Å². The van der Waals surface area contributed by atoms with Crippen molar-refractivity contribution in [3.05, 3.63) is 105 Å². The molecule has 25 heavy (non-hydrogen) atoms. The highest BCUT2D eigenvalue weighted by Gasteiger charge is 2.32. The Kier molecular flexibility index (Phi) is 3.82. The third-order valence-electron chi connectivity index (χ3n) is 4.77. The van der Waals surface area contributed by atoms with Gasteiger partial charge in [0.25, 0.3) is 0 Å². The fourth-order valence-corrected chi connectivity index (χ4v) is 3.83. The zero-order valence-corrected chi connectivity index (χ0v) is 14.9. The minimum absolute atomic E-state index is 0.0429. The quantitative estimate of drug-likeness (QED) is 0.548. The van der Waals surface area contributed by atoms with Gasteiger partial charge in [0.2, 0.25) is 0 Å². The molecule has 1 aliphatic rings. The Morgan fingerprint density at radius 3 is 2.08 bits per heavy atom. The van der Waals surface area contributed by atoms with Gasteiger partial charge >= 0.3 is 0 Å². The van der Waals surface area contributed by atoms with E-state index in [9.17, 15) is 4.79 Å². The summed E-state index contributed by atoms with van der Waals surface area (Å²) in [6, 6.07) is 21.7. The number of hydrogen-bond acceptors (Lipinski definition) is 1. The summed E-state index contributed by atoms with van der Waals surface area (Å²) in [7, 11) is 0. The number of ketones is 1. The standard InChI is InChI=1S/C23H17ClO/c1-14-7-6-8-15(2)20(14)22-18-12-11-17(24)13-19(18)23(25)21(22)16-9-4-3-5-10-16/h3-13H,1-2H3. The molecule has 122 valence electrons. The lowest BCUT2D eigenvalue weighted by molar-refractivity contribution is 0.105. The van der Waals surface area contributed by atoms with E-state index in [0.29, 0.717) is 10.6 Å². The molecule has 0 aliphatic heterocycles. The van der Waals surface area contributed by atoms with Gasteiger partial charge in [0.05, 0.1) is 0 Å². The van der Waals surface area contributed by atoms with Gasteiger partial charge in [-0.2, -0.15) is 0 Å². The van der Waals surface area contributed by atoms with E-state index in [-0.39, 0.29) is 5.78 Å². The molecule has 3 aromatic rings. The lowest BCUT2D eigenvalue weighted by Crippen LogP contribution is -1.99. The van der Waals surface area contributed by atoms with Gasteiger partial charge in [0.1, 0.15) is 0 Å². The lowest BCUT2D eigenvalue weighted by Gasteiger charge is -2.14. The minimum atomic E-state index is 0.0429. The zero-order valence-electron chi connectivity index (χ0n) is 14.1. The van der Waals surface area contributed by atoms with Gasteiger partial charge in [-0.15, -0.1) is 0 Å². The molecule has 0 spiro atoms. The second-order valence-corrected chi connectivity index (χ2v) is 6.84. The van der Waals surface area contributed by atoms with Gasteiger partial charge in [-0.05, 0) is 53.8 Å². The Bertz CT molecular complexity index is 1010. The molecule has 0 saturated heterocycles. The highest BCUT2D eigenvalue weighted by molar-refractivity contribution is 6.42. The predicted octanol–water partition coefficient (Wildman–Crippen LogP) is 6.11. The third-order valence-corrected chi connectivity index (χ3v) is 5.00. The maximum absolute atomic E-state index is 13.2. The molecule has 0 bridgehead atoms. The number of benzene rings is 3. The van der Waals surface area contributed by atoms with E-state index < -0.39 is 0 Å². The molecular weight excluding hydrogens is 328 g/mol. The van der Waals surface area contributed by atoms with Gasteiger partial charge in [0.15, 0.2) is 5.78 Å². The third kappa shape index (κ3) is 2.52. The monoisotopic (exact) mass is 344 g/mol. The SMILES string of the molecule is Cc1cccc(C)c1C1=C(c2ccccc2)C(=O)c2cc(Cl)ccc21. The first-order valence-electron chi connectivity index (χ1n) is 8.29. The molecule has 0 radical (unpaired) electrons. The van der Waals surface area contributed by atoms with E-state index in [4.69, 9.17) is 11.6 Å². The maximum Gasteiger partial charge on any atom is 0.194 e. The lowest BCUT2D eigenvalue weighted by atomic mass is 9.89. The van der Waals surface area contributed by atoms with Crippen molar-refractivity contribution < 1.29 is 4.79 Å². The van der Waals surface area contributed by atoms with Gasteiger partial charge in [-0.1, -0.05) is 66.2 Å². The van der Waals surface area contributed by atoms with E-state index in [2.05, 4.69) is 32.0 Å². The summed E-state index contributed by atoms with van der Waals surface area (Å²) in [4.78, 5) is 13.2. The molecule has 3 aromatic carbocycles. The largest absolute Gasteiger partial charge is 0.289 e. The molecule has 1 aliphatic carbocycles. The van der Waals surface area contributed by atoms with Crippen LogP contribution in [-0.4, -0.2) is 5.78 Å². The van der Waals surface area contributed by atoms with Crippen molar-refractivity contribution in [3.8, 4) is 0 Å². The first-order valence-corrected chi connectivity index (χ1v) is 8.66. The van der Waals surface area contributed by atoms with Crippen molar-refractivity contribution in [2.75, 3.05) is 0 Å². The molecular formula is C23H17ClO. The van der Waals surface area contributed by atoms with Crippen LogP contribution in [0.4, 0.5) is 0 Å². The van der Waals surface area contributed by atoms with Gasteiger partial charge in [-0.25, -0.2) is 0 Å². The van der Waals surface area contributed by atoms with Crippen molar-refractivity contribution in [2.24, 2.45) is 0 Å². The van der Waals surface area contributed by atoms with Crippen LogP contribution in [0.15, 0.2) is 66.7 Å². The summed E-state index contributed by atoms with van der Waals surface area (Å²) in [5.74, 6) is 0.0429. The summed E-state index contributed by atoms with van der Waals surface area (Å²) in [6.45, 7) is 4.19. The number of fused-ring (bicyclic) bond motifs is 1. The number of carbonyl (C=O) groups excluding carboxylic acids is 1. The Balaban J connectivity index is 2.11. The highest BCUT2D eigenvalue weighted by Crippen LogP contribution is 2.44. The average Bonchev–Trinajstić information content (AvgIpc) is 2.88. The van der Waals surface area contributed by atoms with Crippen molar-refractivity contribution >= 4 is 28.5 Å². The number of carbonyl (C=O) groups is 1. The van der Waals surface area contributed by atoms with Crippen LogP contribution in [-0.2, 0) is 0 Å². The Morgan fingerprint density at radius 1 is 0.720 bits per heavy atom. The van der Waals surface area contributed by atoms with Gasteiger partial charge in [-0.3, -0.25) is 4.79 Å². The molecule has 0 aromatic heterocycles. The molecule has 0 amide bonds. The highest BCUT2D eigenvalue weighted by atomic mass is 35.5. The maximum atomic E-state index is 13.2. The Hall–Kier alpha value is -2.64. The average molecular weight is 345 g/mol. The summed E-state index contributed by atoms with van der Waals surface area (Å²) in [6.07, 6.45) is 0. The summed E-state index contributed by atoms with van der Waals surface area (Å²) >= 11 is 6.17. The topological polar surface area (TPSA) is 17.1 Å². The smallest absolute Gasteiger partial charge is 0.194 e. The van der Waals surface area contributed by atoms with Crippen molar-refractivity contribution in [3.63, 3.8) is 0 Å². The normalized spacial score (nSPS) is 13.3. The second-order valence-electron chi connectivity index (χ2n) is 6.40. The Morgan fingerprint density at radius 2 is 1.40 bits per heavy atom. The first kappa shape index (κ1) is 15.9. The van der Waals surface area contributed by atoms with E-state index in [1.807, 2.05) is 42.5 Å². The molecule has 0 unspecified atom stereocenters. The van der Waals surface area contributed by atoms with Crippen LogP contribution in [0.2, 0.25) is 5.02 Å². The summed E-state index contributed by atoms with van der Waals surface area (Å²) < 4.78 is 0. The van der Waals surface area contributed by atoms with E-state index in [0.717, 1.165) is 27.8 Å². The van der Waals surface area contributed by atoms with E-state index in [1.54, 1.807) is 6.07 Å². The van der Waals surface area contributed by atoms with Crippen LogP contribution >= 0.6 is 11.6 Å². The molecule has 2 heteroatoms. The zero-order chi connectivity index (χ0) is 17.6. The van der Waals surface area contributed by atoms with E-state index >= 15 is 0 Å². The van der Waals surface area contributed by atoms with E-state index in [1.165, 1.54) is 11.1 Å². The van der Waals surface area contributed by atoms with Crippen LogP contribution in [0.1, 0.15) is 38.2 Å². The van der Waals surface area contributed by atoms with Crippen molar-refractivity contribution in [2.45, 2.75) is 13.8 Å². The molecule has 1 nitrogen and oxygen atoms in total. The molecule has 4 rings (SSSR count). The number of rotatable bonds is 2. The summed E-state index contributed by atoms with van der Waals surface area (Å²) in [5.41, 5.74) is 7.83. The summed E-state index contributed by atoms with van der Waals surface area (Å²) in [5, 5.41) is 0.585. The van der Waals surface area contributed by atoms with Crippen LogP contribution < -0.4 is 0 Å². The van der Waals surface area contributed by atoms with Crippen LogP contribution in [0.3, 0.4) is 0 Å². The minimum Gasteiger partial charge on any atom is -0.289 e. The molecule has 0 atom stereocenters. The van der Waals surface area contributed by atoms with Crippen LogP contribution in [0.25, 0.3) is 11.1 Å². The number of aryl methyl sites for hydroxylation is 2. The predicted molar refractivity (Wildman–Crippen MR) is 104 cm³/mol. The van der Waals surface area contributed by atoms with Gasteiger partial charge < -0.3 is 0 Å². The number of hydrogen-bond donors (Lipinski definition) is 0. The number of halogens is 1. The first-order chi connectivity index (χ1) is 12.1. The van der Waals surface area contributed by atoms with Crippen LogP contribution in [0.5, 0.6) is 0 Å². The second kappa shape index (κ2) is 6.02. The molecule has 0 saturated carbocycles. The fourth-order valence-electron chi connectivity index (χ4n) is 3.65. The van der Waals surface area contributed by atoms with Crippen molar-refractivity contribution in [1.29, 1.82) is 0 Å². The number of allylic oxidation sites excluding steroid dienone is 1. The van der Waals surface area contributed by atoms with Crippen molar-refractivity contribution in [1.82, 2.24) is 0 Å². The molecule has 0 heterocycles. The van der Waals surface area contributed by atoms with Gasteiger partial charge in [0, 0.05) is 21.7 Å². The molecule has 0 fully saturated rings. The fraction of sp³-hybridized carbons (Fsp3) is 0.0870.